The first-order chi connectivity index (χ1) is 13.5. The first kappa shape index (κ1) is 20.3. The van der Waals surface area contributed by atoms with Crippen molar-refractivity contribution in [1.29, 1.82) is 0 Å². The van der Waals surface area contributed by atoms with Gasteiger partial charge in [0.1, 0.15) is 0 Å². The largest absolute Gasteiger partial charge is 0.454 e. The zero-order chi connectivity index (χ0) is 20.1. The Hall–Kier alpha value is -2.42. The summed E-state index contributed by atoms with van der Waals surface area (Å²) in [5.74, 6) is 1.32. The minimum absolute atomic E-state index is 0.104. The second kappa shape index (κ2) is 8.72. The average molecular weight is 404 g/mol. The fourth-order valence-electron chi connectivity index (χ4n) is 3.00. The molecule has 2 aromatic carbocycles. The van der Waals surface area contributed by atoms with Gasteiger partial charge in [0.25, 0.3) is 0 Å². The molecule has 0 fully saturated rings. The lowest BCUT2D eigenvalue weighted by Crippen LogP contribution is -2.30. The van der Waals surface area contributed by atoms with Crippen LogP contribution in [-0.4, -0.2) is 44.9 Å². The van der Waals surface area contributed by atoms with Crippen molar-refractivity contribution in [2.45, 2.75) is 25.3 Å². The Morgan fingerprint density at radius 3 is 2.39 bits per heavy atom. The van der Waals surface area contributed by atoms with Gasteiger partial charge in [-0.15, -0.1) is 0 Å². The molecular formula is C20H24N2O5S. The normalized spacial score (nSPS) is 13.1. The molecule has 8 heteroatoms. The van der Waals surface area contributed by atoms with Crippen molar-refractivity contribution in [1.82, 2.24) is 9.62 Å². The van der Waals surface area contributed by atoms with Crippen LogP contribution >= 0.6 is 0 Å². The molecule has 0 radical (unpaired) electrons. The van der Waals surface area contributed by atoms with Gasteiger partial charge in [-0.05, 0) is 29.8 Å². The maximum absolute atomic E-state index is 12.5. The summed E-state index contributed by atoms with van der Waals surface area (Å²) in [6.45, 7) is 5.29. The standard InChI is InChI=1S/C20H24N2O5S/c1-3-22(4-2)28(24,25)17-8-6-16(7-9-17)18(23)13-21-12-15-5-10-19-20(11-15)27-14-26-19/h5-11,21H,3-4,12-14H2,1-2H3. The van der Waals surface area contributed by atoms with E-state index in [0.717, 1.165) is 11.3 Å². The van der Waals surface area contributed by atoms with Crippen molar-refractivity contribution < 1.29 is 22.7 Å². The molecule has 7 nitrogen and oxygen atoms in total. The molecule has 0 aromatic heterocycles. The van der Waals surface area contributed by atoms with Crippen molar-refractivity contribution in [3.05, 3.63) is 53.6 Å². The van der Waals surface area contributed by atoms with Crippen LogP contribution in [0.2, 0.25) is 0 Å². The highest BCUT2D eigenvalue weighted by molar-refractivity contribution is 7.89. The maximum Gasteiger partial charge on any atom is 0.243 e. The number of sulfonamides is 1. The number of hydrogen-bond donors (Lipinski definition) is 1. The number of carbonyl (C=O) groups is 1. The van der Waals surface area contributed by atoms with Gasteiger partial charge in [-0.25, -0.2) is 8.42 Å². The van der Waals surface area contributed by atoms with Crippen molar-refractivity contribution in [3.8, 4) is 11.5 Å². The van der Waals surface area contributed by atoms with Crippen LogP contribution in [-0.2, 0) is 16.6 Å². The quantitative estimate of drug-likeness (QED) is 0.646. The van der Waals surface area contributed by atoms with Crippen LogP contribution in [0.3, 0.4) is 0 Å². The molecule has 0 aliphatic carbocycles. The molecule has 0 unspecified atom stereocenters. The van der Waals surface area contributed by atoms with E-state index in [1.165, 1.54) is 16.4 Å². The number of nitrogens with one attached hydrogen (secondary N) is 1. The summed E-state index contributed by atoms with van der Waals surface area (Å²) in [6.07, 6.45) is 0. The van der Waals surface area contributed by atoms with E-state index in [4.69, 9.17) is 9.47 Å². The number of hydrogen-bond acceptors (Lipinski definition) is 6. The Balaban J connectivity index is 1.57. The van der Waals surface area contributed by atoms with Crippen LogP contribution in [0.4, 0.5) is 0 Å². The lowest BCUT2D eigenvalue weighted by atomic mass is 10.1. The second-order valence-corrected chi connectivity index (χ2v) is 8.27. The average Bonchev–Trinajstić information content (AvgIpc) is 3.16. The van der Waals surface area contributed by atoms with E-state index in [0.29, 0.717) is 30.9 Å². The molecule has 28 heavy (non-hydrogen) atoms. The molecule has 3 rings (SSSR count). The van der Waals surface area contributed by atoms with Crippen molar-refractivity contribution >= 4 is 15.8 Å². The fourth-order valence-corrected chi connectivity index (χ4v) is 4.46. The first-order valence-corrected chi connectivity index (χ1v) is 10.6. The van der Waals surface area contributed by atoms with Gasteiger partial charge in [-0.2, -0.15) is 4.31 Å². The van der Waals surface area contributed by atoms with Gasteiger partial charge in [0.15, 0.2) is 17.3 Å². The third-order valence-corrected chi connectivity index (χ3v) is 6.64. The Morgan fingerprint density at radius 2 is 1.71 bits per heavy atom. The summed E-state index contributed by atoms with van der Waals surface area (Å²) in [7, 11) is -3.52. The van der Waals surface area contributed by atoms with Crippen LogP contribution in [0.1, 0.15) is 29.8 Å². The predicted octanol–water partition coefficient (Wildman–Crippen LogP) is 2.42. The first-order valence-electron chi connectivity index (χ1n) is 9.18. The highest BCUT2D eigenvalue weighted by Gasteiger charge is 2.21. The van der Waals surface area contributed by atoms with Gasteiger partial charge in [-0.3, -0.25) is 4.79 Å². The van der Waals surface area contributed by atoms with E-state index >= 15 is 0 Å². The number of ether oxygens (including phenoxy) is 2. The highest BCUT2D eigenvalue weighted by atomic mass is 32.2. The van der Waals surface area contributed by atoms with E-state index in [9.17, 15) is 13.2 Å². The number of ketones is 1. The summed E-state index contributed by atoms with van der Waals surface area (Å²) >= 11 is 0. The molecule has 0 atom stereocenters. The fraction of sp³-hybridized carbons (Fsp3) is 0.350. The molecule has 0 saturated heterocycles. The number of fused-ring (bicyclic) bond motifs is 1. The zero-order valence-corrected chi connectivity index (χ0v) is 16.8. The van der Waals surface area contributed by atoms with E-state index in [1.54, 1.807) is 26.0 Å². The van der Waals surface area contributed by atoms with Crippen LogP contribution in [0.15, 0.2) is 47.4 Å². The van der Waals surface area contributed by atoms with Crippen molar-refractivity contribution in [2.24, 2.45) is 0 Å². The van der Waals surface area contributed by atoms with E-state index in [-0.39, 0.29) is 24.0 Å². The summed E-state index contributed by atoms with van der Waals surface area (Å²) in [5, 5.41) is 3.10. The highest BCUT2D eigenvalue weighted by Crippen LogP contribution is 2.32. The SMILES string of the molecule is CCN(CC)S(=O)(=O)c1ccc(C(=O)CNCc2ccc3c(c2)OCO3)cc1. The van der Waals surface area contributed by atoms with E-state index in [1.807, 2.05) is 18.2 Å². The molecule has 1 N–H and O–H groups in total. The number of benzene rings is 2. The summed E-state index contributed by atoms with van der Waals surface area (Å²) in [6, 6.07) is 11.7. The molecule has 0 bridgehead atoms. The minimum Gasteiger partial charge on any atom is -0.454 e. The number of carbonyl (C=O) groups excluding carboxylic acids is 1. The number of nitrogens with zero attached hydrogens (tertiary/aromatic N) is 1. The molecule has 2 aromatic rings. The molecule has 0 spiro atoms. The Morgan fingerprint density at radius 1 is 1.04 bits per heavy atom. The Kier molecular flexibility index (Phi) is 6.33. The predicted molar refractivity (Wildman–Crippen MR) is 105 cm³/mol. The van der Waals surface area contributed by atoms with Gasteiger partial charge >= 0.3 is 0 Å². The number of Topliss-reactive ketones (excluding diaryl/α,β-unsaturated/α-hetero) is 1. The maximum atomic E-state index is 12.5. The molecule has 0 saturated carbocycles. The third kappa shape index (κ3) is 4.35. The summed E-state index contributed by atoms with van der Waals surface area (Å²) in [5.41, 5.74) is 1.45. The van der Waals surface area contributed by atoms with Gasteiger partial charge in [0.05, 0.1) is 11.4 Å². The topological polar surface area (TPSA) is 84.9 Å². The molecule has 1 aliphatic heterocycles. The molecule has 150 valence electrons. The smallest absolute Gasteiger partial charge is 0.243 e. The van der Waals surface area contributed by atoms with Crippen LogP contribution < -0.4 is 14.8 Å². The third-order valence-electron chi connectivity index (χ3n) is 4.57. The monoisotopic (exact) mass is 404 g/mol. The second-order valence-electron chi connectivity index (χ2n) is 6.33. The summed E-state index contributed by atoms with van der Waals surface area (Å²) < 4.78 is 37.0. The van der Waals surface area contributed by atoms with Crippen molar-refractivity contribution in [2.75, 3.05) is 26.4 Å². The van der Waals surface area contributed by atoms with Crippen LogP contribution in [0.25, 0.3) is 0 Å². The number of rotatable bonds is 9. The molecule has 0 amide bonds. The lowest BCUT2D eigenvalue weighted by molar-refractivity contribution is 0.0990. The van der Waals surface area contributed by atoms with Gasteiger partial charge in [-0.1, -0.05) is 32.0 Å². The van der Waals surface area contributed by atoms with Gasteiger partial charge < -0.3 is 14.8 Å². The van der Waals surface area contributed by atoms with Gasteiger partial charge in [0.2, 0.25) is 16.8 Å². The van der Waals surface area contributed by atoms with Crippen LogP contribution in [0, 0.1) is 0 Å². The molecule has 1 aliphatic rings. The Bertz CT molecular complexity index is 938. The molecular weight excluding hydrogens is 380 g/mol. The van der Waals surface area contributed by atoms with E-state index in [2.05, 4.69) is 5.32 Å². The van der Waals surface area contributed by atoms with E-state index < -0.39 is 10.0 Å². The zero-order valence-electron chi connectivity index (χ0n) is 16.0. The van der Waals surface area contributed by atoms with Crippen molar-refractivity contribution in [3.63, 3.8) is 0 Å². The lowest BCUT2D eigenvalue weighted by Gasteiger charge is -2.18. The summed E-state index contributed by atoms with van der Waals surface area (Å²) in [4.78, 5) is 12.6. The Labute approximate surface area is 165 Å². The van der Waals surface area contributed by atoms with Crippen LogP contribution in [0.5, 0.6) is 11.5 Å². The molecule has 1 heterocycles. The minimum atomic E-state index is -3.52. The van der Waals surface area contributed by atoms with Gasteiger partial charge in [0, 0.05) is 25.2 Å².